The maximum absolute atomic E-state index is 12.5. The Kier molecular flexibility index (Phi) is 8.90. The Labute approximate surface area is 198 Å². The topological polar surface area (TPSA) is 79.5 Å². The van der Waals surface area contributed by atoms with Gasteiger partial charge in [0.2, 0.25) is 0 Å². The fourth-order valence-corrected chi connectivity index (χ4v) is 3.44. The molecule has 3 amide bonds. The van der Waals surface area contributed by atoms with Gasteiger partial charge in [-0.2, -0.15) is 26.3 Å². The largest absolute Gasteiger partial charge is 0.416 e. The van der Waals surface area contributed by atoms with Gasteiger partial charge in [0.05, 0.1) is 17.2 Å². The van der Waals surface area contributed by atoms with Gasteiger partial charge in [-0.25, -0.2) is 4.79 Å². The number of rotatable bonds is 6. The molecule has 1 aliphatic heterocycles. The summed E-state index contributed by atoms with van der Waals surface area (Å²) in [5.74, 6) is -0.277. The molecule has 2 unspecified atom stereocenters. The summed E-state index contributed by atoms with van der Waals surface area (Å²) < 4.78 is 79.7. The molecule has 3 N–H and O–H groups in total. The van der Waals surface area contributed by atoms with Gasteiger partial charge in [-0.15, -0.1) is 0 Å². The third kappa shape index (κ3) is 7.43. The van der Waals surface area contributed by atoms with E-state index in [0.717, 1.165) is 5.56 Å². The molecular formula is C23H25F6N3O3. The van der Waals surface area contributed by atoms with Crippen molar-refractivity contribution in [2.75, 3.05) is 20.7 Å². The molecule has 1 saturated heterocycles. The number of halogens is 6. The minimum Gasteiger partial charge on any atom is -0.377 e. The number of amides is 3. The summed E-state index contributed by atoms with van der Waals surface area (Å²) >= 11 is 0. The molecule has 1 aliphatic rings. The van der Waals surface area contributed by atoms with Crippen LogP contribution in [0.3, 0.4) is 0 Å². The van der Waals surface area contributed by atoms with Crippen LogP contribution in [-0.4, -0.2) is 38.2 Å². The number of methoxy groups -OCH3 is 1. The van der Waals surface area contributed by atoms with Crippen molar-refractivity contribution >= 4 is 11.9 Å². The number of ether oxygens (including phenoxy) is 1. The Morgan fingerprint density at radius 1 is 0.971 bits per heavy atom. The first-order valence-corrected chi connectivity index (χ1v) is 10.4. The Morgan fingerprint density at radius 2 is 1.51 bits per heavy atom. The molecule has 3 rings (SSSR count). The number of hydrogen-bond acceptors (Lipinski definition) is 4. The predicted molar refractivity (Wildman–Crippen MR) is 115 cm³/mol. The van der Waals surface area contributed by atoms with E-state index in [4.69, 9.17) is 4.74 Å². The van der Waals surface area contributed by atoms with Crippen LogP contribution < -0.4 is 16.0 Å². The van der Waals surface area contributed by atoms with E-state index < -0.39 is 41.2 Å². The zero-order chi connectivity index (χ0) is 26.4. The Hall–Kier alpha value is -3.12. The average molecular weight is 505 g/mol. The lowest BCUT2D eigenvalue weighted by Gasteiger charge is -2.25. The molecule has 6 nitrogen and oxygen atoms in total. The van der Waals surface area contributed by atoms with E-state index in [2.05, 4.69) is 16.0 Å². The van der Waals surface area contributed by atoms with Gasteiger partial charge in [0.1, 0.15) is 5.54 Å². The maximum atomic E-state index is 12.5. The van der Waals surface area contributed by atoms with Crippen LogP contribution in [0.5, 0.6) is 0 Å². The van der Waals surface area contributed by atoms with Crippen LogP contribution >= 0.6 is 0 Å². The first-order chi connectivity index (χ1) is 16.2. The molecule has 0 aromatic heterocycles. The highest BCUT2D eigenvalue weighted by Crippen LogP contribution is 2.37. The molecule has 1 heterocycles. The van der Waals surface area contributed by atoms with Gasteiger partial charge < -0.3 is 15.4 Å². The van der Waals surface area contributed by atoms with Crippen LogP contribution in [0, 0.1) is 0 Å². The fraction of sp³-hybridized carbons (Fsp3) is 0.391. The van der Waals surface area contributed by atoms with Gasteiger partial charge in [0, 0.05) is 20.1 Å². The normalized spacial score (nSPS) is 18.9. The van der Waals surface area contributed by atoms with E-state index >= 15 is 0 Å². The Bertz CT molecular complexity index is 995. The van der Waals surface area contributed by atoms with Gasteiger partial charge >= 0.3 is 18.4 Å². The van der Waals surface area contributed by atoms with Gasteiger partial charge in [0.15, 0.2) is 0 Å². The standard InChI is InChI=1S/C12H15N3O2.C11H10F6O/c1-13-8-12(10(16)14-11(17)15-12)7-9-5-3-2-4-6-9;1-6(18-2)7-3-8(10(12,13)14)5-9(4-7)11(15,16)17/h2-6,13H,7-8H2,1H3,(H2,14,15,16,17);3-6H,1-2H3. The number of urea groups is 1. The average Bonchev–Trinajstić information content (AvgIpc) is 3.05. The summed E-state index contributed by atoms with van der Waals surface area (Å²) in [6, 6.07) is 10.6. The van der Waals surface area contributed by atoms with Crippen LogP contribution in [0.4, 0.5) is 31.1 Å². The van der Waals surface area contributed by atoms with Crippen LogP contribution in [-0.2, 0) is 28.3 Å². The molecule has 2 aromatic carbocycles. The van der Waals surface area contributed by atoms with Gasteiger partial charge in [-0.3, -0.25) is 10.1 Å². The van der Waals surface area contributed by atoms with E-state index in [1.54, 1.807) is 7.05 Å². The van der Waals surface area contributed by atoms with Gasteiger partial charge in [-0.05, 0) is 43.3 Å². The monoisotopic (exact) mass is 505 g/mol. The number of nitrogens with one attached hydrogen (secondary N) is 3. The molecule has 1 fully saturated rings. The molecular weight excluding hydrogens is 480 g/mol. The second kappa shape index (κ2) is 11.1. The third-order valence-corrected chi connectivity index (χ3v) is 5.27. The second-order valence-corrected chi connectivity index (χ2v) is 7.90. The molecule has 35 heavy (non-hydrogen) atoms. The SMILES string of the molecule is CNCC1(Cc2ccccc2)NC(=O)NC1=O.COC(C)c1cc(C(F)(F)F)cc(C(F)(F)F)c1. The van der Waals surface area contributed by atoms with E-state index in [9.17, 15) is 35.9 Å². The highest BCUT2D eigenvalue weighted by atomic mass is 19.4. The number of likely N-dealkylation sites (N-methyl/N-ethyl adjacent to an activating group) is 1. The van der Waals surface area contributed by atoms with Crippen molar-refractivity contribution in [3.05, 3.63) is 70.8 Å². The first kappa shape index (κ1) is 28.1. The highest BCUT2D eigenvalue weighted by molar-refractivity contribution is 6.07. The lowest BCUT2D eigenvalue weighted by molar-refractivity contribution is -0.143. The lowest BCUT2D eigenvalue weighted by atomic mass is 9.91. The van der Waals surface area contributed by atoms with Crippen LogP contribution in [0.1, 0.15) is 35.3 Å². The lowest BCUT2D eigenvalue weighted by Crippen LogP contribution is -2.55. The number of carbonyl (C=O) groups excluding carboxylic acids is 2. The van der Waals surface area contributed by atoms with Crippen molar-refractivity contribution in [3.8, 4) is 0 Å². The summed E-state index contributed by atoms with van der Waals surface area (Å²) in [4.78, 5) is 23.1. The molecule has 0 bridgehead atoms. The van der Waals surface area contributed by atoms with E-state index in [-0.39, 0.29) is 17.5 Å². The molecule has 192 valence electrons. The molecule has 2 atom stereocenters. The molecule has 0 saturated carbocycles. The third-order valence-electron chi connectivity index (χ3n) is 5.27. The van der Waals surface area contributed by atoms with E-state index in [0.29, 0.717) is 25.1 Å². The minimum absolute atomic E-state index is 0.0892. The van der Waals surface area contributed by atoms with Crippen molar-refractivity contribution in [3.63, 3.8) is 0 Å². The van der Waals surface area contributed by atoms with Crippen molar-refractivity contribution < 1.29 is 40.7 Å². The summed E-state index contributed by atoms with van der Waals surface area (Å²) in [6.07, 6.45) is -10.0. The van der Waals surface area contributed by atoms with Crippen molar-refractivity contribution in [1.29, 1.82) is 0 Å². The number of alkyl halides is 6. The van der Waals surface area contributed by atoms with Crippen molar-refractivity contribution in [1.82, 2.24) is 16.0 Å². The molecule has 12 heteroatoms. The molecule has 2 aromatic rings. The molecule has 0 aliphatic carbocycles. The zero-order valence-electron chi connectivity index (χ0n) is 19.1. The fourth-order valence-electron chi connectivity index (χ4n) is 3.44. The minimum atomic E-state index is -4.83. The summed E-state index contributed by atoms with van der Waals surface area (Å²) in [7, 11) is 2.96. The van der Waals surface area contributed by atoms with Crippen LogP contribution in [0.15, 0.2) is 48.5 Å². The van der Waals surface area contributed by atoms with Gasteiger partial charge in [-0.1, -0.05) is 30.3 Å². The maximum Gasteiger partial charge on any atom is 0.416 e. The zero-order valence-corrected chi connectivity index (χ0v) is 19.1. The highest BCUT2D eigenvalue weighted by Gasteiger charge is 2.45. The quantitative estimate of drug-likeness (QED) is 0.400. The van der Waals surface area contributed by atoms with E-state index in [1.807, 2.05) is 30.3 Å². The number of hydrogen-bond donors (Lipinski definition) is 3. The Morgan fingerprint density at radius 3 is 1.91 bits per heavy atom. The first-order valence-electron chi connectivity index (χ1n) is 10.4. The molecule has 0 radical (unpaired) electrons. The number of imide groups is 1. The molecule has 0 spiro atoms. The van der Waals surface area contributed by atoms with Crippen molar-refractivity contribution in [2.24, 2.45) is 0 Å². The predicted octanol–water partition coefficient (Wildman–Crippen LogP) is 4.46. The van der Waals surface area contributed by atoms with E-state index in [1.165, 1.54) is 14.0 Å². The smallest absolute Gasteiger partial charge is 0.377 e. The number of benzene rings is 2. The second-order valence-electron chi connectivity index (χ2n) is 7.90. The van der Waals surface area contributed by atoms with Crippen LogP contribution in [0.25, 0.3) is 0 Å². The van der Waals surface area contributed by atoms with Crippen molar-refractivity contribution in [2.45, 2.75) is 37.3 Å². The van der Waals surface area contributed by atoms with Gasteiger partial charge in [0.25, 0.3) is 5.91 Å². The summed E-state index contributed by atoms with van der Waals surface area (Å²) in [5.41, 5.74) is -2.71. The summed E-state index contributed by atoms with van der Waals surface area (Å²) in [6.45, 7) is 1.77. The number of carbonyl (C=O) groups is 2. The van der Waals surface area contributed by atoms with Crippen LogP contribution in [0.2, 0.25) is 0 Å². The Balaban J connectivity index is 0.000000247. The summed E-state index contributed by atoms with van der Waals surface area (Å²) in [5, 5.41) is 7.93.